The summed E-state index contributed by atoms with van der Waals surface area (Å²) in [4.78, 5) is 11.1. The molecule has 0 bridgehead atoms. The van der Waals surface area contributed by atoms with Gasteiger partial charge < -0.3 is 15.5 Å². The zero-order valence-electron chi connectivity index (χ0n) is 12.0. The van der Waals surface area contributed by atoms with Gasteiger partial charge in [0.25, 0.3) is 0 Å². The molecule has 0 saturated carbocycles. The van der Waals surface area contributed by atoms with Crippen molar-refractivity contribution < 1.29 is 23.4 Å². The molecule has 0 amide bonds. The molecule has 1 aromatic carbocycles. The Morgan fingerprint density at radius 3 is 2.52 bits per heavy atom. The number of sulfonamides is 1. The Morgan fingerprint density at radius 1 is 1.33 bits per heavy atom. The van der Waals surface area contributed by atoms with E-state index < -0.39 is 16.0 Å². The number of rotatable bonds is 8. The molecule has 8 heteroatoms. The van der Waals surface area contributed by atoms with E-state index in [4.69, 9.17) is 10.2 Å². The van der Waals surface area contributed by atoms with Crippen LogP contribution >= 0.6 is 0 Å². The lowest BCUT2D eigenvalue weighted by molar-refractivity contribution is 0.0697. The SMILES string of the molecule is CC(C)CNS(=O)(=O)c1ccc(NCCO)c(C(=O)O)c1. The van der Waals surface area contributed by atoms with Crippen LogP contribution in [0, 0.1) is 5.92 Å². The van der Waals surface area contributed by atoms with Crippen molar-refractivity contribution in [3.05, 3.63) is 23.8 Å². The first kappa shape index (κ1) is 17.4. The lowest BCUT2D eigenvalue weighted by Crippen LogP contribution is -2.27. The van der Waals surface area contributed by atoms with E-state index in [1.54, 1.807) is 0 Å². The molecular weight excluding hydrogens is 296 g/mol. The van der Waals surface area contributed by atoms with E-state index >= 15 is 0 Å². The van der Waals surface area contributed by atoms with E-state index in [0.29, 0.717) is 0 Å². The summed E-state index contributed by atoms with van der Waals surface area (Å²) in [6.07, 6.45) is 0. The van der Waals surface area contributed by atoms with E-state index in [1.807, 2.05) is 13.8 Å². The highest BCUT2D eigenvalue weighted by molar-refractivity contribution is 7.89. The van der Waals surface area contributed by atoms with Crippen LogP contribution in [0.25, 0.3) is 0 Å². The van der Waals surface area contributed by atoms with Crippen molar-refractivity contribution in [1.29, 1.82) is 0 Å². The fraction of sp³-hybridized carbons (Fsp3) is 0.462. The fourth-order valence-electron chi connectivity index (χ4n) is 1.57. The van der Waals surface area contributed by atoms with Crippen LogP contribution in [0.3, 0.4) is 0 Å². The number of carboxylic acids is 1. The average molecular weight is 316 g/mol. The molecule has 7 nitrogen and oxygen atoms in total. The summed E-state index contributed by atoms with van der Waals surface area (Å²) in [5.41, 5.74) is 0.107. The summed E-state index contributed by atoms with van der Waals surface area (Å²) in [5, 5.41) is 20.6. The summed E-state index contributed by atoms with van der Waals surface area (Å²) in [6, 6.07) is 3.81. The number of aliphatic hydroxyl groups excluding tert-OH is 1. The minimum absolute atomic E-state index is 0.102. The first-order chi connectivity index (χ1) is 9.77. The summed E-state index contributed by atoms with van der Waals surface area (Å²) in [6.45, 7) is 4.03. The molecule has 0 unspecified atom stereocenters. The van der Waals surface area contributed by atoms with Gasteiger partial charge in [0.2, 0.25) is 10.0 Å². The van der Waals surface area contributed by atoms with Crippen LogP contribution in [-0.4, -0.2) is 44.3 Å². The number of aliphatic hydroxyl groups is 1. The van der Waals surface area contributed by atoms with E-state index in [-0.39, 0.29) is 41.8 Å². The van der Waals surface area contributed by atoms with Crippen LogP contribution in [0.5, 0.6) is 0 Å². The molecule has 1 rings (SSSR count). The number of anilines is 1. The van der Waals surface area contributed by atoms with Gasteiger partial charge in [-0.2, -0.15) is 0 Å². The fourth-order valence-corrected chi connectivity index (χ4v) is 2.81. The van der Waals surface area contributed by atoms with E-state index in [2.05, 4.69) is 10.0 Å². The molecule has 21 heavy (non-hydrogen) atoms. The van der Waals surface area contributed by atoms with Gasteiger partial charge in [0.1, 0.15) is 0 Å². The molecule has 0 spiro atoms. The molecule has 118 valence electrons. The predicted molar refractivity (Wildman–Crippen MR) is 79.0 cm³/mol. The van der Waals surface area contributed by atoms with E-state index in [0.717, 1.165) is 6.07 Å². The van der Waals surface area contributed by atoms with Crippen molar-refractivity contribution in [2.24, 2.45) is 5.92 Å². The maximum absolute atomic E-state index is 12.1. The topological polar surface area (TPSA) is 116 Å². The second-order valence-corrected chi connectivity index (χ2v) is 6.68. The molecule has 0 aliphatic heterocycles. The second kappa shape index (κ2) is 7.39. The zero-order chi connectivity index (χ0) is 16.0. The molecule has 4 N–H and O–H groups in total. The average Bonchev–Trinajstić information content (AvgIpc) is 2.42. The van der Waals surface area contributed by atoms with Crippen LogP contribution < -0.4 is 10.0 Å². The Hall–Kier alpha value is -1.64. The van der Waals surface area contributed by atoms with Gasteiger partial charge in [0, 0.05) is 18.8 Å². The molecule has 0 atom stereocenters. The number of aromatic carboxylic acids is 1. The zero-order valence-corrected chi connectivity index (χ0v) is 12.8. The maximum Gasteiger partial charge on any atom is 0.337 e. The number of benzene rings is 1. The molecule has 0 aliphatic carbocycles. The van der Waals surface area contributed by atoms with Crippen LogP contribution in [0.1, 0.15) is 24.2 Å². The van der Waals surface area contributed by atoms with Gasteiger partial charge in [-0.1, -0.05) is 13.8 Å². The third kappa shape index (κ3) is 5.00. The minimum Gasteiger partial charge on any atom is -0.478 e. The molecular formula is C13H20N2O5S. The number of hydrogen-bond acceptors (Lipinski definition) is 5. The monoisotopic (exact) mass is 316 g/mol. The van der Waals surface area contributed by atoms with Crippen molar-refractivity contribution >= 4 is 21.7 Å². The first-order valence-electron chi connectivity index (χ1n) is 6.49. The Balaban J connectivity index is 3.10. The van der Waals surface area contributed by atoms with Crippen molar-refractivity contribution in [3.8, 4) is 0 Å². The normalized spacial score (nSPS) is 11.6. The third-order valence-electron chi connectivity index (χ3n) is 2.64. The number of hydrogen-bond donors (Lipinski definition) is 4. The van der Waals surface area contributed by atoms with Crippen LogP contribution in [-0.2, 0) is 10.0 Å². The quantitative estimate of drug-likeness (QED) is 0.562. The van der Waals surface area contributed by atoms with Crippen LogP contribution in [0.15, 0.2) is 23.1 Å². The Bertz CT molecular complexity index is 599. The van der Waals surface area contributed by atoms with Crippen molar-refractivity contribution in [2.75, 3.05) is 25.0 Å². The molecule has 0 heterocycles. The van der Waals surface area contributed by atoms with E-state index in [9.17, 15) is 13.2 Å². The van der Waals surface area contributed by atoms with E-state index in [1.165, 1.54) is 12.1 Å². The van der Waals surface area contributed by atoms with Crippen LogP contribution in [0.4, 0.5) is 5.69 Å². The van der Waals surface area contributed by atoms with Gasteiger partial charge >= 0.3 is 5.97 Å². The standard InChI is InChI=1S/C13H20N2O5S/c1-9(2)8-15-21(19,20)10-3-4-12(14-5-6-16)11(7-10)13(17)18/h3-4,7,9,14-16H,5-6,8H2,1-2H3,(H,17,18). The Morgan fingerprint density at radius 2 is 2.00 bits per heavy atom. The van der Waals surface area contributed by atoms with Gasteiger partial charge in [-0.15, -0.1) is 0 Å². The maximum atomic E-state index is 12.1. The van der Waals surface area contributed by atoms with Gasteiger partial charge in [-0.3, -0.25) is 0 Å². The number of carbonyl (C=O) groups is 1. The highest BCUT2D eigenvalue weighted by Gasteiger charge is 2.18. The second-order valence-electron chi connectivity index (χ2n) is 4.91. The van der Waals surface area contributed by atoms with Gasteiger partial charge in [-0.05, 0) is 24.1 Å². The van der Waals surface area contributed by atoms with Gasteiger partial charge in [-0.25, -0.2) is 17.9 Å². The molecule has 0 saturated heterocycles. The summed E-state index contributed by atoms with van der Waals surface area (Å²) in [5.74, 6) is -1.10. The lowest BCUT2D eigenvalue weighted by atomic mass is 10.2. The van der Waals surface area contributed by atoms with Crippen LogP contribution in [0.2, 0.25) is 0 Å². The number of nitrogens with one attached hydrogen (secondary N) is 2. The van der Waals surface area contributed by atoms with Crippen molar-refractivity contribution in [3.63, 3.8) is 0 Å². The summed E-state index contributed by atoms with van der Waals surface area (Å²) in [7, 11) is -3.74. The summed E-state index contributed by atoms with van der Waals surface area (Å²) >= 11 is 0. The highest BCUT2D eigenvalue weighted by atomic mass is 32.2. The predicted octanol–water partition coefficient (Wildman–Crippen LogP) is 0.723. The molecule has 1 aromatic rings. The van der Waals surface area contributed by atoms with Crippen molar-refractivity contribution in [2.45, 2.75) is 18.7 Å². The number of carboxylic acid groups (broad SMARTS) is 1. The minimum atomic E-state index is -3.74. The molecule has 0 radical (unpaired) electrons. The largest absolute Gasteiger partial charge is 0.478 e. The Kier molecular flexibility index (Phi) is 6.13. The summed E-state index contributed by atoms with van der Waals surface area (Å²) < 4.78 is 26.6. The highest BCUT2D eigenvalue weighted by Crippen LogP contribution is 2.20. The van der Waals surface area contributed by atoms with Gasteiger partial charge in [0.05, 0.1) is 17.1 Å². The lowest BCUT2D eigenvalue weighted by Gasteiger charge is -2.12. The first-order valence-corrected chi connectivity index (χ1v) is 7.98. The molecule has 0 aromatic heterocycles. The van der Waals surface area contributed by atoms with Crippen molar-refractivity contribution in [1.82, 2.24) is 4.72 Å². The molecule has 0 aliphatic rings. The molecule has 0 fully saturated rings. The smallest absolute Gasteiger partial charge is 0.337 e. The Labute approximate surface area is 124 Å². The van der Waals surface area contributed by atoms with Gasteiger partial charge in [0.15, 0.2) is 0 Å². The third-order valence-corrected chi connectivity index (χ3v) is 4.06.